The Kier molecular flexibility index (Phi) is 7.36. The van der Waals surface area contributed by atoms with Crippen molar-refractivity contribution in [1.82, 2.24) is 20.2 Å². The minimum Gasteiger partial charge on any atom is -0.395 e. The first-order valence-electron chi connectivity index (χ1n) is 12.3. The van der Waals surface area contributed by atoms with Crippen LogP contribution in [0.5, 0.6) is 0 Å². The van der Waals surface area contributed by atoms with Crippen LogP contribution in [0.4, 0.5) is 0 Å². The van der Waals surface area contributed by atoms with Crippen LogP contribution in [-0.2, 0) is 0 Å². The number of hydrazine groups is 1. The van der Waals surface area contributed by atoms with E-state index in [1.54, 1.807) is 22.9 Å². The van der Waals surface area contributed by atoms with Crippen molar-refractivity contribution in [3.05, 3.63) is 69.3 Å². The first-order valence-corrected chi connectivity index (χ1v) is 13.0. The molecular weight excluding hydrogens is 495 g/mol. The molecule has 2 heterocycles. The van der Waals surface area contributed by atoms with E-state index in [-0.39, 0.29) is 12.5 Å². The second kappa shape index (κ2) is 10.7. The summed E-state index contributed by atoms with van der Waals surface area (Å²) >= 11 is 12.7. The summed E-state index contributed by atoms with van der Waals surface area (Å²) < 4.78 is 1.72. The Bertz CT molecular complexity index is 1330. The molecule has 186 valence electrons. The van der Waals surface area contributed by atoms with E-state index < -0.39 is 0 Å². The molecule has 1 aliphatic heterocycles. The Labute approximate surface area is 221 Å². The van der Waals surface area contributed by atoms with Crippen molar-refractivity contribution in [2.45, 2.75) is 32.6 Å². The second-order valence-electron chi connectivity index (χ2n) is 9.48. The van der Waals surface area contributed by atoms with Crippen molar-refractivity contribution < 1.29 is 9.90 Å². The maximum Gasteiger partial charge on any atom is 0.286 e. The normalized spacial score (nSPS) is 19.1. The van der Waals surface area contributed by atoms with Gasteiger partial charge in [-0.05, 0) is 61.9 Å². The van der Waals surface area contributed by atoms with Gasteiger partial charge in [0.05, 0.1) is 23.0 Å². The maximum absolute atomic E-state index is 13.4. The third kappa shape index (κ3) is 5.02. The molecule has 0 radical (unpaired) electrons. The smallest absolute Gasteiger partial charge is 0.286 e. The first-order chi connectivity index (χ1) is 17.4. The van der Waals surface area contributed by atoms with Crippen LogP contribution >= 0.6 is 23.2 Å². The van der Waals surface area contributed by atoms with Crippen molar-refractivity contribution in [2.24, 2.45) is 11.8 Å². The van der Waals surface area contributed by atoms with Gasteiger partial charge in [-0.3, -0.25) is 10.2 Å². The average molecular weight is 523 g/mol. The van der Waals surface area contributed by atoms with Crippen molar-refractivity contribution in [3.8, 4) is 28.8 Å². The zero-order valence-electron chi connectivity index (χ0n) is 20.1. The van der Waals surface area contributed by atoms with Crippen LogP contribution in [0.1, 0.15) is 47.3 Å². The molecule has 6 nitrogen and oxygen atoms in total. The number of amides is 1. The molecule has 2 unspecified atom stereocenters. The van der Waals surface area contributed by atoms with Crippen molar-refractivity contribution in [2.75, 3.05) is 19.7 Å². The average Bonchev–Trinajstić information content (AvgIpc) is 3.53. The van der Waals surface area contributed by atoms with Gasteiger partial charge in [0, 0.05) is 41.2 Å². The Morgan fingerprint density at radius 3 is 2.53 bits per heavy atom. The van der Waals surface area contributed by atoms with Crippen molar-refractivity contribution >= 4 is 29.1 Å². The number of hydrogen-bond acceptors (Lipinski definition) is 4. The van der Waals surface area contributed by atoms with Gasteiger partial charge >= 0.3 is 0 Å². The molecule has 1 aromatic heterocycles. The molecule has 0 bridgehead atoms. The van der Waals surface area contributed by atoms with Crippen LogP contribution < -0.4 is 5.43 Å². The molecule has 1 amide bonds. The van der Waals surface area contributed by atoms with E-state index in [1.165, 1.54) is 19.3 Å². The van der Waals surface area contributed by atoms with Gasteiger partial charge in [0.15, 0.2) is 5.69 Å². The predicted molar refractivity (Wildman–Crippen MR) is 142 cm³/mol. The summed E-state index contributed by atoms with van der Waals surface area (Å²) in [5, 5.41) is 16.7. The number of hydrogen-bond donors (Lipinski definition) is 2. The van der Waals surface area contributed by atoms with Crippen molar-refractivity contribution in [3.63, 3.8) is 0 Å². The molecule has 2 aliphatic rings. The number of halogens is 2. The van der Waals surface area contributed by atoms with E-state index in [1.807, 2.05) is 36.2 Å². The lowest BCUT2D eigenvalue weighted by Crippen LogP contribution is -2.41. The van der Waals surface area contributed by atoms with E-state index in [0.717, 1.165) is 35.5 Å². The zero-order valence-corrected chi connectivity index (χ0v) is 21.6. The molecule has 1 aliphatic carbocycles. The number of fused-ring (bicyclic) bond motifs is 1. The minimum atomic E-state index is -0.218. The lowest BCUT2D eigenvalue weighted by atomic mass is 10.0. The Morgan fingerprint density at radius 1 is 1.14 bits per heavy atom. The van der Waals surface area contributed by atoms with Gasteiger partial charge in [-0.15, -0.1) is 0 Å². The third-order valence-corrected chi connectivity index (χ3v) is 7.63. The summed E-state index contributed by atoms with van der Waals surface area (Å²) in [5.74, 6) is 7.10. The highest BCUT2D eigenvalue weighted by molar-refractivity contribution is 6.35. The van der Waals surface area contributed by atoms with Gasteiger partial charge < -0.3 is 5.11 Å². The van der Waals surface area contributed by atoms with Gasteiger partial charge in [-0.25, -0.2) is 9.69 Å². The van der Waals surface area contributed by atoms with Gasteiger partial charge in [-0.1, -0.05) is 53.6 Å². The fourth-order valence-corrected chi connectivity index (χ4v) is 5.82. The molecule has 1 saturated heterocycles. The van der Waals surface area contributed by atoms with E-state index >= 15 is 0 Å². The number of nitrogens with zero attached hydrogens (tertiary/aromatic N) is 3. The fraction of sp³-hybridized carbons (Fsp3) is 0.357. The maximum atomic E-state index is 13.4. The lowest BCUT2D eigenvalue weighted by molar-refractivity contribution is 0.0808. The van der Waals surface area contributed by atoms with E-state index in [0.29, 0.717) is 39.7 Å². The summed E-state index contributed by atoms with van der Waals surface area (Å²) in [7, 11) is 0. The number of aliphatic hydroxyl groups excluding tert-OH is 1. The van der Waals surface area contributed by atoms with Crippen LogP contribution in [-0.4, -0.2) is 45.5 Å². The van der Waals surface area contributed by atoms with E-state index in [4.69, 9.17) is 33.4 Å². The highest BCUT2D eigenvalue weighted by atomic mass is 35.5. The van der Waals surface area contributed by atoms with E-state index in [2.05, 4.69) is 17.3 Å². The molecular formula is C28H28Cl2N4O2. The van der Waals surface area contributed by atoms with Crippen LogP contribution in [0, 0.1) is 30.6 Å². The number of aromatic nitrogens is 2. The quantitative estimate of drug-likeness (QED) is 0.448. The molecule has 2 N–H and O–H groups in total. The number of nitrogens with one attached hydrogen (secondary N) is 1. The standard InChI is InChI=1S/C28H28Cl2N4O2/c1-18-26(28(36)32-33-16-21-6-4-7-22(21)17-33)31-34(25-13-12-23(29)15-24(25)30)27(18)20-10-8-19(9-11-20)5-2-3-14-35/h8-13,15,21-22,35H,3-4,6-7,14,16-17H2,1H3,(H,32,36). The molecule has 2 atom stereocenters. The summed E-state index contributed by atoms with van der Waals surface area (Å²) in [5.41, 5.74) is 7.36. The summed E-state index contributed by atoms with van der Waals surface area (Å²) in [6, 6.07) is 13.0. The molecule has 36 heavy (non-hydrogen) atoms. The number of rotatable bonds is 5. The predicted octanol–water partition coefficient (Wildman–Crippen LogP) is 5.27. The SMILES string of the molecule is Cc1c(C(=O)NN2CC3CCCC3C2)nn(-c2ccc(Cl)cc2Cl)c1-c1ccc(C#CCCO)cc1. The van der Waals surface area contributed by atoms with Gasteiger partial charge in [0.2, 0.25) is 0 Å². The number of aliphatic hydroxyl groups is 1. The van der Waals surface area contributed by atoms with Gasteiger partial charge in [0.25, 0.3) is 5.91 Å². The van der Waals surface area contributed by atoms with Crippen LogP contribution in [0.15, 0.2) is 42.5 Å². The summed E-state index contributed by atoms with van der Waals surface area (Å²) in [6.45, 7) is 3.73. The Balaban J connectivity index is 1.50. The summed E-state index contributed by atoms with van der Waals surface area (Å²) in [4.78, 5) is 13.4. The number of carbonyl (C=O) groups is 1. The van der Waals surface area contributed by atoms with Crippen molar-refractivity contribution in [1.29, 1.82) is 0 Å². The molecule has 1 saturated carbocycles. The molecule has 2 aromatic carbocycles. The van der Waals surface area contributed by atoms with Crippen LogP contribution in [0.25, 0.3) is 16.9 Å². The molecule has 5 rings (SSSR count). The van der Waals surface area contributed by atoms with Crippen LogP contribution in [0.2, 0.25) is 10.0 Å². The van der Waals surface area contributed by atoms with Crippen LogP contribution in [0.3, 0.4) is 0 Å². The van der Waals surface area contributed by atoms with Gasteiger partial charge in [-0.2, -0.15) is 5.10 Å². The minimum absolute atomic E-state index is 0.0366. The molecule has 8 heteroatoms. The highest BCUT2D eigenvalue weighted by Gasteiger charge is 2.37. The number of benzene rings is 2. The molecule has 0 spiro atoms. The van der Waals surface area contributed by atoms with E-state index in [9.17, 15) is 4.79 Å². The first kappa shape index (κ1) is 24.9. The lowest BCUT2D eigenvalue weighted by Gasteiger charge is -2.17. The van der Waals surface area contributed by atoms with Gasteiger partial charge in [0.1, 0.15) is 0 Å². The second-order valence-corrected chi connectivity index (χ2v) is 10.3. The Hall–Kier alpha value is -2.82. The zero-order chi connectivity index (χ0) is 25.2. The Morgan fingerprint density at radius 2 is 1.86 bits per heavy atom. The largest absolute Gasteiger partial charge is 0.395 e. The summed E-state index contributed by atoms with van der Waals surface area (Å²) in [6.07, 6.45) is 4.20. The highest BCUT2D eigenvalue weighted by Crippen LogP contribution is 2.37. The fourth-order valence-electron chi connectivity index (χ4n) is 5.33. The molecule has 3 aromatic rings. The topological polar surface area (TPSA) is 70.4 Å². The number of carbonyl (C=O) groups excluding carboxylic acids is 1. The molecule has 2 fully saturated rings. The third-order valence-electron chi connectivity index (χ3n) is 7.09. The monoisotopic (exact) mass is 522 g/mol.